The Balaban J connectivity index is 2.32. The number of anilines is 1. The molecule has 0 aliphatic rings. The normalized spacial score (nSPS) is 12.2. The van der Waals surface area contributed by atoms with Gasteiger partial charge in [-0.15, -0.1) is 0 Å². The first-order chi connectivity index (χ1) is 10.0. The highest BCUT2D eigenvalue weighted by Crippen LogP contribution is 2.30. The fourth-order valence-electron chi connectivity index (χ4n) is 2.43. The number of nitrogens with one attached hydrogen (secondary N) is 1. The SMILES string of the molecule is CNCc1cc(Cl)ccc1N(C)C(C)c1cccc(Cl)c1. The third kappa shape index (κ3) is 3.91. The third-order valence-electron chi connectivity index (χ3n) is 3.70. The molecule has 1 atom stereocenters. The molecular weight excluding hydrogens is 303 g/mol. The number of benzene rings is 2. The lowest BCUT2D eigenvalue weighted by atomic mass is 10.0. The number of nitrogens with zero attached hydrogens (tertiary/aromatic N) is 1. The minimum absolute atomic E-state index is 0.223. The van der Waals surface area contributed by atoms with E-state index in [1.54, 1.807) is 0 Å². The van der Waals surface area contributed by atoms with Crippen LogP contribution in [0, 0.1) is 0 Å². The Morgan fingerprint density at radius 3 is 2.48 bits per heavy atom. The van der Waals surface area contributed by atoms with Crippen molar-refractivity contribution in [3.8, 4) is 0 Å². The smallest absolute Gasteiger partial charge is 0.0511 e. The van der Waals surface area contributed by atoms with Crippen LogP contribution < -0.4 is 10.2 Å². The van der Waals surface area contributed by atoms with Gasteiger partial charge in [0.2, 0.25) is 0 Å². The summed E-state index contributed by atoms with van der Waals surface area (Å²) in [6.07, 6.45) is 0. The zero-order chi connectivity index (χ0) is 15.4. The molecule has 2 aromatic rings. The summed E-state index contributed by atoms with van der Waals surface area (Å²) in [6, 6.07) is 14.2. The van der Waals surface area contributed by atoms with Crippen LogP contribution in [0.2, 0.25) is 10.0 Å². The van der Waals surface area contributed by atoms with E-state index in [1.165, 1.54) is 16.8 Å². The van der Waals surface area contributed by atoms with Crippen LogP contribution in [-0.4, -0.2) is 14.1 Å². The summed E-state index contributed by atoms with van der Waals surface area (Å²) in [5, 5.41) is 4.71. The molecule has 0 aromatic heterocycles. The van der Waals surface area contributed by atoms with Crippen LogP contribution in [0.5, 0.6) is 0 Å². The Hall–Kier alpha value is -1.22. The van der Waals surface area contributed by atoms with Crippen molar-refractivity contribution < 1.29 is 0 Å². The van der Waals surface area contributed by atoms with Crippen molar-refractivity contribution in [1.82, 2.24) is 5.32 Å². The molecule has 0 spiro atoms. The lowest BCUT2D eigenvalue weighted by molar-refractivity contribution is 0.727. The van der Waals surface area contributed by atoms with Crippen LogP contribution in [0.4, 0.5) is 5.69 Å². The zero-order valence-corrected chi connectivity index (χ0v) is 14.0. The monoisotopic (exact) mass is 322 g/mol. The van der Waals surface area contributed by atoms with E-state index in [0.29, 0.717) is 0 Å². The number of halogens is 2. The highest BCUT2D eigenvalue weighted by Gasteiger charge is 2.15. The molecule has 0 saturated heterocycles. The third-order valence-corrected chi connectivity index (χ3v) is 4.17. The van der Waals surface area contributed by atoms with Crippen LogP contribution in [0.25, 0.3) is 0 Å². The van der Waals surface area contributed by atoms with E-state index < -0.39 is 0 Å². The van der Waals surface area contributed by atoms with Crippen LogP contribution >= 0.6 is 23.2 Å². The molecule has 0 fully saturated rings. The Morgan fingerprint density at radius 2 is 1.81 bits per heavy atom. The topological polar surface area (TPSA) is 15.3 Å². The highest BCUT2D eigenvalue weighted by molar-refractivity contribution is 6.31. The van der Waals surface area contributed by atoms with Gasteiger partial charge in [-0.25, -0.2) is 0 Å². The number of rotatable bonds is 5. The first-order valence-corrected chi connectivity index (χ1v) is 7.70. The van der Waals surface area contributed by atoms with Gasteiger partial charge in [0, 0.05) is 29.3 Å². The summed E-state index contributed by atoms with van der Waals surface area (Å²) in [4.78, 5) is 2.24. The quantitative estimate of drug-likeness (QED) is 0.841. The second-order valence-corrected chi connectivity index (χ2v) is 6.02. The number of hydrogen-bond donors (Lipinski definition) is 1. The van der Waals surface area contributed by atoms with Gasteiger partial charge < -0.3 is 10.2 Å². The fourth-order valence-corrected chi connectivity index (χ4v) is 2.82. The van der Waals surface area contributed by atoms with Gasteiger partial charge in [-0.2, -0.15) is 0 Å². The second-order valence-electron chi connectivity index (χ2n) is 5.15. The summed E-state index contributed by atoms with van der Waals surface area (Å²) < 4.78 is 0. The van der Waals surface area contributed by atoms with Gasteiger partial charge in [0.1, 0.15) is 0 Å². The largest absolute Gasteiger partial charge is 0.368 e. The van der Waals surface area contributed by atoms with E-state index in [4.69, 9.17) is 23.2 Å². The average Bonchev–Trinajstić information content (AvgIpc) is 2.46. The standard InChI is InChI=1S/C17H20Cl2N2/c1-12(13-5-4-6-15(18)9-13)21(3)17-8-7-16(19)10-14(17)11-20-2/h4-10,12,20H,11H2,1-3H3. The average molecular weight is 323 g/mol. The summed E-state index contributed by atoms with van der Waals surface area (Å²) in [7, 11) is 4.03. The molecule has 112 valence electrons. The first-order valence-electron chi connectivity index (χ1n) is 6.94. The van der Waals surface area contributed by atoms with Crippen molar-refractivity contribution in [2.45, 2.75) is 19.5 Å². The lowest BCUT2D eigenvalue weighted by Gasteiger charge is -2.29. The van der Waals surface area contributed by atoms with Crippen LogP contribution in [-0.2, 0) is 6.54 Å². The molecule has 0 amide bonds. The van der Waals surface area contributed by atoms with E-state index in [-0.39, 0.29) is 6.04 Å². The Labute approximate surface area is 136 Å². The van der Waals surface area contributed by atoms with Crippen LogP contribution in [0.1, 0.15) is 24.1 Å². The molecular formula is C17H20Cl2N2. The van der Waals surface area contributed by atoms with Crippen molar-refractivity contribution in [2.75, 3.05) is 19.0 Å². The molecule has 4 heteroatoms. The molecule has 0 radical (unpaired) electrons. The van der Waals surface area contributed by atoms with E-state index in [1.807, 2.05) is 37.4 Å². The maximum absolute atomic E-state index is 6.11. The Morgan fingerprint density at radius 1 is 1.10 bits per heavy atom. The van der Waals surface area contributed by atoms with E-state index >= 15 is 0 Å². The van der Waals surface area contributed by atoms with E-state index in [9.17, 15) is 0 Å². The molecule has 1 unspecified atom stereocenters. The summed E-state index contributed by atoms with van der Waals surface area (Å²) >= 11 is 12.2. The minimum atomic E-state index is 0.223. The molecule has 0 saturated carbocycles. The van der Waals surface area contributed by atoms with Gasteiger partial charge in [-0.05, 0) is 55.4 Å². The highest BCUT2D eigenvalue weighted by atomic mass is 35.5. The minimum Gasteiger partial charge on any atom is -0.368 e. The maximum atomic E-state index is 6.11. The second kappa shape index (κ2) is 7.17. The number of hydrogen-bond acceptors (Lipinski definition) is 2. The molecule has 0 aliphatic heterocycles. The van der Waals surface area contributed by atoms with Gasteiger partial charge in [0.05, 0.1) is 6.04 Å². The molecule has 0 heterocycles. The zero-order valence-electron chi connectivity index (χ0n) is 12.5. The van der Waals surface area contributed by atoms with Crippen LogP contribution in [0.3, 0.4) is 0 Å². The predicted octanol–water partition coefficient (Wildman–Crippen LogP) is 4.91. The van der Waals surface area contributed by atoms with Crippen molar-refractivity contribution >= 4 is 28.9 Å². The van der Waals surface area contributed by atoms with Crippen molar-refractivity contribution in [3.05, 3.63) is 63.6 Å². The predicted molar refractivity (Wildman–Crippen MR) is 92.5 cm³/mol. The Kier molecular flexibility index (Phi) is 5.51. The van der Waals surface area contributed by atoms with Gasteiger partial charge in [0.25, 0.3) is 0 Å². The van der Waals surface area contributed by atoms with Crippen molar-refractivity contribution in [2.24, 2.45) is 0 Å². The summed E-state index contributed by atoms with van der Waals surface area (Å²) in [5.74, 6) is 0. The van der Waals surface area contributed by atoms with Gasteiger partial charge in [-0.3, -0.25) is 0 Å². The molecule has 21 heavy (non-hydrogen) atoms. The van der Waals surface area contributed by atoms with Crippen molar-refractivity contribution in [3.63, 3.8) is 0 Å². The van der Waals surface area contributed by atoms with Gasteiger partial charge in [-0.1, -0.05) is 35.3 Å². The Bertz CT molecular complexity index is 613. The van der Waals surface area contributed by atoms with Gasteiger partial charge in [0.15, 0.2) is 0 Å². The van der Waals surface area contributed by atoms with Gasteiger partial charge >= 0.3 is 0 Å². The van der Waals surface area contributed by atoms with E-state index in [0.717, 1.165) is 16.6 Å². The molecule has 2 aromatic carbocycles. The fraction of sp³-hybridized carbons (Fsp3) is 0.294. The molecule has 2 nitrogen and oxygen atoms in total. The summed E-state index contributed by atoms with van der Waals surface area (Å²) in [5.41, 5.74) is 3.54. The van der Waals surface area contributed by atoms with E-state index in [2.05, 4.69) is 36.3 Å². The molecule has 0 aliphatic carbocycles. The van der Waals surface area contributed by atoms with Crippen molar-refractivity contribution in [1.29, 1.82) is 0 Å². The first kappa shape index (κ1) is 16.2. The molecule has 2 rings (SSSR count). The maximum Gasteiger partial charge on any atom is 0.0511 e. The van der Waals surface area contributed by atoms with Crippen LogP contribution in [0.15, 0.2) is 42.5 Å². The molecule has 0 bridgehead atoms. The molecule has 1 N–H and O–H groups in total. The lowest BCUT2D eigenvalue weighted by Crippen LogP contribution is -2.23. The summed E-state index contributed by atoms with van der Waals surface area (Å²) in [6.45, 7) is 2.95.